The highest BCUT2D eigenvalue weighted by Gasteiger charge is 2.43. The molecule has 2 nitrogen and oxygen atoms in total. The zero-order valence-electron chi connectivity index (χ0n) is 12.3. The Morgan fingerprint density at radius 3 is 1.35 bits per heavy atom. The number of Topliss-reactive ketones (excluding diaryl/α,β-unsaturated/α-hetero) is 2. The van der Waals surface area contributed by atoms with Gasteiger partial charge in [-0.3, -0.25) is 9.59 Å². The fourth-order valence-corrected chi connectivity index (χ4v) is 3.98. The highest BCUT2D eigenvalue weighted by Crippen LogP contribution is 2.44. The second kappa shape index (κ2) is 6.31. The Bertz CT molecular complexity index is 347. The maximum atomic E-state index is 14.3. The standard InChI is InChI=1S/C16H24F2O2/c1-9(19)11-3-5-13(15(17)7-11)14-6-4-12(10(2)20)8-16(14)18/h11-16H,3-8H2,1-2H3. The summed E-state index contributed by atoms with van der Waals surface area (Å²) in [5.74, 6) is -0.825. The summed E-state index contributed by atoms with van der Waals surface area (Å²) >= 11 is 0. The number of hydrogen-bond donors (Lipinski definition) is 0. The maximum absolute atomic E-state index is 14.3. The van der Waals surface area contributed by atoms with Gasteiger partial charge >= 0.3 is 0 Å². The van der Waals surface area contributed by atoms with Gasteiger partial charge in [-0.2, -0.15) is 0 Å². The van der Waals surface area contributed by atoms with E-state index in [4.69, 9.17) is 0 Å². The summed E-state index contributed by atoms with van der Waals surface area (Å²) in [6.45, 7) is 3.02. The van der Waals surface area contributed by atoms with Crippen LogP contribution in [-0.4, -0.2) is 23.9 Å². The minimum atomic E-state index is -1.07. The number of ketones is 2. The van der Waals surface area contributed by atoms with Crippen molar-refractivity contribution in [2.24, 2.45) is 23.7 Å². The Hall–Kier alpha value is -0.800. The summed E-state index contributed by atoms with van der Waals surface area (Å²) in [7, 11) is 0. The number of hydrogen-bond acceptors (Lipinski definition) is 2. The van der Waals surface area contributed by atoms with E-state index in [2.05, 4.69) is 0 Å². The summed E-state index contributed by atoms with van der Waals surface area (Å²) in [5, 5.41) is 0. The molecular weight excluding hydrogens is 262 g/mol. The Balaban J connectivity index is 1.96. The Kier molecular flexibility index (Phi) is 4.92. The fraction of sp³-hybridized carbons (Fsp3) is 0.875. The van der Waals surface area contributed by atoms with Gasteiger partial charge in [0.1, 0.15) is 23.9 Å². The van der Waals surface area contributed by atoms with E-state index < -0.39 is 12.3 Å². The molecule has 0 aromatic carbocycles. The lowest BCUT2D eigenvalue weighted by Gasteiger charge is -2.40. The van der Waals surface area contributed by atoms with E-state index in [1.807, 2.05) is 0 Å². The van der Waals surface area contributed by atoms with Gasteiger partial charge in [-0.1, -0.05) is 0 Å². The van der Waals surface area contributed by atoms with Crippen LogP contribution in [0.3, 0.4) is 0 Å². The van der Waals surface area contributed by atoms with Crippen molar-refractivity contribution in [2.45, 2.75) is 64.7 Å². The summed E-state index contributed by atoms with van der Waals surface area (Å²) < 4.78 is 28.6. The van der Waals surface area contributed by atoms with Gasteiger partial charge in [-0.05, 0) is 64.2 Å². The molecule has 0 spiro atoms. The fourth-order valence-electron chi connectivity index (χ4n) is 3.98. The number of halogens is 2. The molecule has 2 fully saturated rings. The van der Waals surface area contributed by atoms with Crippen LogP contribution in [0.4, 0.5) is 8.78 Å². The molecule has 2 aliphatic rings. The molecule has 0 bridgehead atoms. The first-order chi connectivity index (χ1) is 9.40. The molecule has 0 amide bonds. The molecule has 0 aliphatic heterocycles. The second-order valence-corrected chi connectivity index (χ2v) is 6.60. The zero-order chi connectivity index (χ0) is 14.9. The third-order valence-corrected chi connectivity index (χ3v) is 5.35. The Morgan fingerprint density at radius 1 is 0.750 bits per heavy atom. The molecule has 0 radical (unpaired) electrons. The molecule has 114 valence electrons. The molecule has 2 rings (SSSR count). The van der Waals surface area contributed by atoms with Crippen molar-refractivity contribution in [3.05, 3.63) is 0 Å². The SMILES string of the molecule is CC(=O)C1CCC(C2CCC(C(C)=O)CC2F)C(F)C1. The molecule has 0 N–H and O–H groups in total. The highest BCUT2D eigenvalue weighted by atomic mass is 19.1. The van der Waals surface area contributed by atoms with Gasteiger partial charge in [0.2, 0.25) is 0 Å². The van der Waals surface area contributed by atoms with Gasteiger partial charge < -0.3 is 0 Å². The molecule has 0 heterocycles. The highest BCUT2D eigenvalue weighted by molar-refractivity contribution is 5.78. The average molecular weight is 286 g/mol. The molecular formula is C16H24F2O2. The molecule has 6 unspecified atom stereocenters. The van der Waals surface area contributed by atoms with Crippen molar-refractivity contribution < 1.29 is 18.4 Å². The molecule has 0 aromatic rings. The van der Waals surface area contributed by atoms with Crippen LogP contribution < -0.4 is 0 Å². The van der Waals surface area contributed by atoms with E-state index in [0.717, 1.165) is 0 Å². The average Bonchev–Trinajstić information content (AvgIpc) is 2.38. The van der Waals surface area contributed by atoms with Crippen LogP contribution in [0.5, 0.6) is 0 Å². The minimum Gasteiger partial charge on any atom is -0.300 e. The second-order valence-electron chi connectivity index (χ2n) is 6.60. The van der Waals surface area contributed by atoms with E-state index in [1.165, 1.54) is 13.8 Å². The quantitative estimate of drug-likeness (QED) is 0.793. The summed E-state index contributed by atoms with van der Waals surface area (Å²) in [4.78, 5) is 22.7. The number of carbonyl (C=O) groups is 2. The number of carbonyl (C=O) groups excluding carboxylic acids is 2. The van der Waals surface area contributed by atoms with Gasteiger partial charge in [-0.15, -0.1) is 0 Å². The van der Waals surface area contributed by atoms with Gasteiger partial charge in [0.05, 0.1) is 0 Å². The number of rotatable bonds is 3. The maximum Gasteiger partial charge on any atom is 0.133 e. The van der Waals surface area contributed by atoms with Crippen molar-refractivity contribution in [1.29, 1.82) is 0 Å². The molecule has 2 aliphatic carbocycles. The molecule has 20 heavy (non-hydrogen) atoms. The molecule has 0 aromatic heterocycles. The first-order valence-electron chi connectivity index (χ1n) is 7.69. The van der Waals surface area contributed by atoms with Gasteiger partial charge in [0.15, 0.2) is 0 Å². The third kappa shape index (κ3) is 3.26. The van der Waals surface area contributed by atoms with Gasteiger partial charge in [0.25, 0.3) is 0 Å². The zero-order valence-corrected chi connectivity index (χ0v) is 12.3. The van der Waals surface area contributed by atoms with Crippen molar-refractivity contribution in [3.8, 4) is 0 Å². The molecule has 2 saturated carbocycles. The van der Waals surface area contributed by atoms with Gasteiger partial charge in [-0.25, -0.2) is 8.78 Å². The van der Waals surface area contributed by atoms with E-state index in [0.29, 0.717) is 25.7 Å². The smallest absolute Gasteiger partial charge is 0.133 e. The van der Waals surface area contributed by atoms with E-state index in [1.54, 1.807) is 0 Å². The van der Waals surface area contributed by atoms with Gasteiger partial charge in [0, 0.05) is 11.8 Å². The lowest BCUT2D eigenvalue weighted by molar-refractivity contribution is -0.125. The van der Waals surface area contributed by atoms with Crippen LogP contribution in [0, 0.1) is 23.7 Å². The van der Waals surface area contributed by atoms with Crippen LogP contribution >= 0.6 is 0 Å². The van der Waals surface area contributed by atoms with E-state index in [-0.39, 0.29) is 48.1 Å². The van der Waals surface area contributed by atoms with E-state index >= 15 is 0 Å². The molecule has 6 atom stereocenters. The van der Waals surface area contributed by atoms with Crippen molar-refractivity contribution >= 4 is 11.6 Å². The Morgan fingerprint density at radius 2 is 1.10 bits per heavy atom. The summed E-state index contributed by atoms with van der Waals surface area (Å²) in [6, 6.07) is 0. The lowest BCUT2D eigenvalue weighted by atomic mass is 9.67. The molecule has 0 saturated heterocycles. The van der Waals surface area contributed by atoms with Crippen LogP contribution in [0.25, 0.3) is 0 Å². The van der Waals surface area contributed by atoms with E-state index in [9.17, 15) is 18.4 Å². The van der Waals surface area contributed by atoms with Crippen LogP contribution in [0.15, 0.2) is 0 Å². The predicted molar refractivity (Wildman–Crippen MR) is 72.8 cm³/mol. The predicted octanol–water partition coefficient (Wildman–Crippen LogP) is 3.67. The normalized spacial score (nSPS) is 42.2. The van der Waals surface area contributed by atoms with Crippen LogP contribution in [-0.2, 0) is 9.59 Å². The van der Waals surface area contributed by atoms with Crippen molar-refractivity contribution in [3.63, 3.8) is 0 Å². The third-order valence-electron chi connectivity index (χ3n) is 5.35. The molecule has 4 heteroatoms. The van der Waals surface area contributed by atoms with Crippen LogP contribution in [0.1, 0.15) is 52.4 Å². The number of alkyl halides is 2. The minimum absolute atomic E-state index is 0.0446. The van der Waals surface area contributed by atoms with Crippen molar-refractivity contribution in [2.75, 3.05) is 0 Å². The summed E-state index contributed by atoms with van der Waals surface area (Å²) in [5.41, 5.74) is 0. The summed E-state index contributed by atoms with van der Waals surface area (Å²) in [6.07, 6.45) is 0.908. The lowest BCUT2D eigenvalue weighted by Crippen LogP contribution is -2.41. The van der Waals surface area contributed by atoms with Crippen LogP contribution in [0.2, 0.25) is 0 Å². The first kappa shape index (κ1) is 15.6. The topological polar surface area (TPSA) is 34.1 Å². The largest absolute Gasteiger partial charge is 0.300 e. The van der Waals surface area contributed by atoms with Crippen molar-refractivity contribution in [1.82, 2.24) is 0 Å². The Labute approximate surface area is 119 Å². The first-order valence-corrected chi connectivity index (χ1v) is 7.69. The monoisotopic (exact) mass is 286 g/mol.